The number of hydrogen-bond acceptors (Lipinski definition) is 3. The van der Waals surface area contributed by atoms with Gasteiger partial charge in [-0.3, -0.25) is 9.47 Å². The molecule has 0 radical (unpaired) electrons. The van der Waals surface area contributed by atoms with Crippen molar-refractivity contribution in [3.05, 3.63) is 64.6 Å². The number of piperazine rings is 1. The Morgan fingerprint density at radius 3 is 2.44 bits per heavy atom. The van der Waals surface area contributed by atoms with E-state index < -0.39 is 11.7 Å². The Morgan fingerprint density at radius 2 is 1.70 bits per heavy atom. The highest BCUT2D eigenvalue weighted by Gasteiger charge is 2.31. The van der Waals surface area contributed by atoms with E-state index in [9.17, 15) is 18.0 Å². The molecule has 3 aromatic rings. The molecule has 0 bridgehead atoms. The lowest BCUT2D eigenvalue weighted by atomic mass is 10.1. The number of imidazole rings is 1. The number of aromatic amines is 1. The van der Waals surface area contributed by atoms with Crippen LogP contribution in [0.2, 0.25) is 0 Å². The zero-order valence-corrected chi connectivity index (χ0v) is 14.5. The third-order valence-electron chi connectivity index (χ3n) is 4.93. The van der Waals surface area contributed by atoms with Crippen LogP contribution in [-0.2, 0) is 12.8 Å². The molecule has 5 nitrogen and oxygen atoms in total. The maximum absolute atomic E-state index is 12.9. The van der Waals surface area contributed by atoms with Gasteiger partial charge in [0.05, 0.1) is 23.3 Å². The monoisotopic (exact) mass is 376 g/mol. The molecule has 1 aliphatic heterocycles. The lowest BCUT2D eigenvalue weighted by molar-refractivity contribution is -0.137. The zero-order chi connectivity index (χ0) is 19.0. The Morgan fingerprint density at radius 1 is 0.963 bits per heavy atom. The first-order valence-electron chi connectivity index (χ1n) is 8.74. The van der Waals surface area contributed by atoms with Gasteiger partial charge in [0.1, 0.15) is 0 Å². The highest BCUT2D eigenvalue weighted by molar-refractivity contribution is 5.74. The Labute approximate surface area is 153 Å². The quantitative estimate of drug-likeness (QED) is 0.764. The molecule has 2 heterocycles. The van der Waals surface area contributed by atoms with Gasteiger partial charge in [0.15, 0.2) is 0 Å². The minimum Gasteiger partial charge on any atom is -0.369 e. The molecule has 0 saturated carbocycles. The minimum atomic E-state index is -4.34. The van der Waals surface area contributed by atoms with Crippen LogP contribution >= 0.6 is 0 Å². The van der Waals surface area contributed by atoms with Crippen LogP contribution in [0.1, 0.15) is 5.56 Å². The number of benzene rings is 2. The molecule has 0 spiro atoms. The van der Waals surface area contributed by atoms with Crippen molar-refractivity contribution in [1.29, 1.82) is 0 Å². The number of halogens is 3. The standard InChI is InChI=1S/C19H19F3N4O/c20-19(21,22)14-4-3-5-15(12-14)25-10-8-24(9-11-25)13-26-17-7-2-1-6-16(17)23-18(26)27/h1-7,12H,8-11,13H2,(H,23,27). The van der Waals surface area contributed by atoms with Crippen LogP contribution in [0.4, 0.5) is 18.9 Å². The number of alkyl halides is 3. The van der Waals surface area contributed by atoms with Gasteiger partial charge in [-0.15, -0.1) is 0 Å². The molecule has 1 aromatic heterocycles. The van der Waals surface area contributed by atoms with Gasteiger partial charge in [0, 0.05) is 31.9 Å². The molecular formula is C19H19F3N4O. The number of nitrogens with one attached hydrogen (secondary N) is 1. The molecule has 0 unspecified atom stereocenters. The number of para-hydroxylation sites is 2. The molecule has 8 heteroatoms. The number of fused-ring (bicyclic) bond motifs is 1. The summed E-state index contributed by atoms with van der Waals surface area (Å²) in [6.45, 7) is 3.01. The van der Waals surface area contributed by atoms with Crippen LogP contribution in [0, 0.1) is 0 Å². The second kappa shape index (κ2) is 6.77. The smallest absolute Gasteiger partial charge is 0.369 e. The number of nitrogens with zero attached hydrogens (tertiary/aromatic N) is 3. The predicted molar refractivity (Wildman–Crippen MR) is 97.8 cm³/mol. The summed E-state index contributed by atoms with van der Waals surface area (Å²) in [7, 11) is 0. The molecule has 1 fully saturated rings. The van der Waals surface area contributed by atoms with Crippen molar-refractivity contribution in [2.75, 3.05) is 31.1 Å². The summed E-state index contributed by atoms with van der Waals surface area (Å²) >= 11 is 0. The molecule has 1 aliphatic rings. The number of hydrogen-bond donors (Lipinski definition) is 1. The summed E-state index contributed by atoms with van der Waals surface area (Å²) in [6, 6.07) is 12.9. The van der Waals surface area contributed by atoms with Crippen LogP contribution in [0.25, 0.3) is 11.0 Å². The van der Waals surface area contributed by atoms with E-state index in [1.54, 1.807) is 10.6 Å². The fourth-order valence-electron chi connectivity index (χ4n) is 3.47. The Balaban J connectivity index is 1.45. The van der Waals surface area contributed by atoms with Gasteiger partial charge in [0.2, 0.25) is 0 Å². The molecule has 2 aromatic carbocycles. The fourth-order valence-corrected chi connectivity index (χ4v) is 3.47. The van der Waals surface area contributed by atoms with E-state index in [1.807, 2.05) is 29.2 Å². The number of anilines is 1. The second-order valence-electron chi connectivity index (χ2n) is 6.67. The summed E-state index contributed by atoms with van der Waals surface area (Å²) in [5, 5.41) is 0. The van der Waals surface area contributed by atoms with Gasteiger partial charge in [-0.25, -0.2) is 4.79 Å². The maximum Gasteiger partial charge on any atom is 0.416 e. The number of aromatic nitrogens is 2. The largest absolute Gasteiger partial charge is 0.416 e. The van der Waals surface area contributed by atoms with Gasteiger partial charge in [-0.2, -0.15) is 13.2 Å². The van der Waals surface area contributed by atoms with Crippen molar-refractivity contribution < 1.29 is 13.2 Å². The van der Waals surface area contributed by atoms with E-state index >= 15 is 0 Å². The SMILES string of the molecule is O=c1[nH]c2ccccc2n1CN1CCN(c2cccc(C(F)(F)F)c2)CC1. The zero-order valence-electron chi connectivity index (χ0n) is 14.5. The molecular weight excluding hydrogens is 357 g/mol. The van der Waals surface area contributed by atoms with Gasteiger partial charge in [-0.05, 0) is 30.3 Å². The minimum absolute atomic E-state index is 0.156. The molecule has 0 amide bonds. The molecule has 0 aliphatic carbocycles. The van der Waals surface area contributed by atoms with Crippen molar-refractivity contribution in [3.63, 3.8) is 0 Å². The Hall–Kier alpha value is -2.74. The lowest BCUT2D eigenvalue weighted by Gasteiger charge is -2.36. The van der Waals surface area contributed by atoms with Crippen molar-refractivity contribution in [3.8, 4) is 0 Å². The average molecular weight is 376 g/mol. The molecule has 0 atom stereocenters. The van der Waals surface area contributed by atoms with E-state index in [0.717, 1.165) is 17.1 Å². The van der Waals surface area contributed by atoms with E-state index in [4.69, 9.17) is 0 Å². The van der Waals surface area contributed by atoms with Crippen molar-refractivity contribution in [1.82, 2.24) is 14.5 Å². The topological polar surface area (TPSA) is 44.3 Å². The molecule has 1 N–H and O–H groups in total. The third kappa shape index (κ3) is 3.57. The maximum atomic E-state index is 12.9. The molecule has 142 valence electrons. The predicted octanol–water partition coefficient (Wildman–Crippen LogP) is 3.13. The van der Waals surface area contributed by atoms with Crippen LogP contribution in [0.3, 0.4) is 0 Å². The number of H-pyrrole nitrogens is 1. The van der Waals surface area contributed by atoms with Crippen LogP contribution < -0.4 is 10.6 Å². The highest BCUT2D eigenvalue weighted by Crippen LogP contribution is 2.31. The summed E-state index contributed by atoms with van der Waals surface area (Å²) in [5.41, 5.74) is 1.44. The van der Waals surface area contributed by atoms with Gasteiger partial charge in [0.25, 0.3) is 0 Å². The van der Waals surface area contributed by atoms with Crippen molar-refractivity contribution in [2.45, 2.75) is 12.8 Å². The first-order valence-corrected chi connectivity index (χ1v) is 8.74. The fraction of sp³-hybridized carbons (Fsp3) is 0.316. The first kappa shape index (κ1) is 17.7. The summed E-state index contributed by atoms with van der Waals surface area (Å²) < 4.78 is 40.4. The summed E-state index contributed by atoms with van der Waals surface area (Å²) in [6.07, 6.45) is -4.34. The molecule has 4 rings (SSSR count). The van der Waals surface area contributed by atoms with Crippen LogP contribution in [0.5, 0.6) is 0 Å². The summed E-state index contributed by atoms with van der Waals surface area (Å²) in [5.74, 6) is 0. The Bertz CT molecular complexity index is 1000. The van der Waals surface area contributed by atoms with Crippen LogP contribution in [0.15, 0.2) is 53.3 Å². The van der Waals surface area contributed by atoms with Crippen molar-refractivity contribution >= 4 is 16.7 Å². The third-order valence-corrected chi connectivity index (χ3v) is 4.93. The molecule has 1 saturated heterocycles. The normalized spacial score (nSPS) is 16.2. The van der Waals surface area contributed by atoms with Crippen molar-refractivity contribution in [2.24, 2.45) is 0 Å². The van der Waals surface area contributed by atoms with E-state index in [0.29, 0.717) is 38.5 Å². The van der Waals surface area contributed by atoms with Crippen LogP contribution in [-0.4, -0.2) is 40.6 Å². The summed E-state index contributed by atoms with van der Waals surface area (Å²) in [4.78, 5) is 19.1. The van der Waals surface area contributed by atoms with E-state index in [1.165, 1.54) is 12.1 Å². The molecule has 27 heavy (non-hydrogen) atoms. The number of rotatable bonds is 3. The van der Waals surface area contributed by atoms with E-state index in [-0.39, 0.29) is 5.69 Å². The Kier molecular flexibility index (Phi) is 4.43. The second-order valence-corrected chi connectivity index (χ2v) is 6.67. The highest BCUT2D eigenvalue weighted by atomic mass is 19.4. The average Bonchev–Trinajstić information content (AvgIpc) is 2.97. The van der Waals surface area contributed by atoms with Gasteiger partial charge in [-0.1, -0.05) is 18.2 Å². The lowest BCUT2D eigenvalue weighted by Crippen LogP contribution is -2.47. The van der Waals surface area contributed by atoms with E-state index in [2.05, 4.69) is 9.88 Å². The van der Waals surface area contributed by atoms with Gasteiger partial charge >= 0.3 is 11.9 Å². The first-order chi connectivity index (χ1) is 12.9. The van der Waals surface area contributed by atoms with Gasteiger partial charge < -0.3 is 9.88 Å².